The number of rotatable bonds is 3. The van der Waals surface area contributed by atoms with Gasteiger partial charge in [-0.05, 0) is 73.0 Å². The molecular formula is C25H20F6N4OS. The van der Waals surface area contributed by atoms with Crippen molar-refractivity contribution >= 4 is 39.8 Å². The van der Waals surface area contributed by atoms with Gasteiger partial charge in [0.1, 0.15) is 0 Å². The third kappa shape index (κ3) is 5.11. The van der Waals surface area contributed by atoms with E-state index in [2.05, 4.69) is 21.9 Å². The predicted octanol–water partition coefficient (Wildman–Crippen LogP) is 6.58. The molecule has 1 fully saturated rings. The van der Waals surface area contributed by atoms with Crippen molar-refractivity contribution < 1.29 is 31.1 Å². The van der Waals surface area contributed by atoms with Crippen LogP contribution in [0.2, 0.25) is 0 Å². The lowest BCUT2D eigenvalue weighted by molar-refractivity contribution is -0.143. The van der Waals surface area contributed by atoms with Crippen LogP contribution in [0.1, 0.15) is 42.0 Å². The summed E-state index contributed by atoms with van der Waals surface area (Å²) < 4.78 is 80.8. The third-order valence-corrected chi connectivity index (χ3v) is 7.45. The first-order chi connectivity index (χ1) is 17.4. The first-order valence-corrected chi connectivity index (χ1v) is 12.2. The topological polar surface area (TPSA) is 50.5 Å². The van der Waals surface area contributed by atoms with Gasteiger partial charge in [0.05, 0.1) is 34.3 Å². The smallest absolute Gasteiger partial charge is 0.348 e. The van der Waals surface area contributed by atoms with Gasteiger partial charge in [0.25, 0.3) is 5.91 Å². The molecule has 0 radical (unpaired) electrons. The van der Waals surface area contributed by atoms with Gasteiger partial charge in [-0.2, -0.15) is 36.4 Å². The number of nitrogens with zero attached hydrogens (tertiary/aromatic N) is 4. The molecule has 194 valence electrons. The Labute approximate surface area is 211 Å². The van der Waals surface area contributed by atoms with Gasteiger partial charge in [-0.15, -0.1) is 0 Å². The van der Waals surface area contributed by atoms with E-state index in [0.29, 0.717) is 38.6 Å². The van der Waals surface area contributed by atoms with E-state index in [1.165, 1.54) is 22.6 Å². The van der Waals surface area contributed by atoms with Crippen LogP contribution in [0.25, 0.3) is 17.0 Å². The van der Waals surface area contributed by atoms with Gasteiger partial charge >= 0.3 is 12.4 Å². The second-order valence-electron chi connectivity index (χ2n) is 8.98. The first kappa shape index (κ1) is 25.4. The van der Waals surface area contributed by atoms with Crippen LogP contribution in [-0.4, -0.2) is 38.3 Å². The second-order valence-corrected chi connectivity index (χ2v) is 9.99. The summed E-state index contributed by atoms with van der Waals surface area (Å²) in [6, 6.07) is 7.02. The number of hydrogen-bond acceptors (Lipinski definition) is 4. The van der Waals surface area contributed by atoms with Crippen molar-refractivity contribution in [3.05, 3.63) is 69.8 Å². The number of thioether (sulfide) groups is 1. The average Bonchev–Trinajstić information content (AvgIpc) is 3.51. The number of fused-ring (bicyclic) bond motifs is 1. The van der Waals surface area contributed by atoms with E-state index >= 15 is 0 Å². The number of benzene rings is 2. The molecule has 1 atom stereocenters. The molecule has 0 N–H and O–H groups in total. The zero-order chi connectivity index (χ0) is 26.5. The minimum Gasteiger partial charge on any atom is -0.348 e. The Kier molecular flexibility index (Phi) is 6.33. The van der Waals surface area contributed by atoms with Gasteiger partial charge in [-0.3, -0.25) is 9.48 Å². The van der Waals surface area contributed by atoms with Crippen molar-refractivity contribution in [2.75, 3.05) is 6.54 Å². The fourth-order valence-electron chi connectivity index (χ4n) is 4.53. The Balaban J connectivity index is 1.40. The third-order valence-electron chi connectivity index (χ3n) is 6.43. The van der Waals surface area contributed by atoms with E-state index < -0.39 is 23.5 Å². The number of aliphatic imine (C=N–C) groups is 1. The Morgan fingerprint density at radius 3 is 2.54 bits per heavy atom. The number of hydrogen-bond donors (Lipinski definition) is 0. The van der Waals surface area contributed by atoms with Crippen molar-refractivity contribution in [3.63, 3.8) is 0 Å². The molecule has 3 aromatic rings. The lowest BCUT2D eigenvalue weighted by atomic mass is 10.0. The zero-order valence-corrected chi connectivity index (χ0v) is 20.2. The van der Waals surface area contributed by atoms with Crippen LogP contribution >= 0.6 is 11.8 Å². The molecule has 5 nitrogen and oxygen atoms in total. The Hall–Kier alpha value is -3.28. The molecule has 0 unspecified atom stereocenters. The lowest BCUT2D eigenvalue weighted by Crippen LogP contribution is -2.30. The summed E-state index contributed by atoms with van der Waals surface area (Å²) in [5.41, 5.74) is -1.85. The van der Waals surface area contributed by atoms with Gasteiger partial charge in [0.15, 0.2) is 5.17 Å². The summed E-state index contributed by atoms with van der Waals surface area (Å²) in [6.07, 6.45) is -4.59. The van der Waals surface area contributed by atoms with E-state index in [9.17, 15) is 31.1 Å². The molecule has 0 bridgehead atoms. The predicted molar refractivity (Wildman–Crippen MR) is 129 cm³/mol. The highest BCUT2D eigenvalue weighted by molar-refractivity contribution is 8.18. The largest absolute Gasteiger partial charge is 0.416 e. The van der Waals surface area contributed by atoms with E-state index in [4.69, 9.17) is 0 Å². The first-order valence-electron chi connectivity index (χ1n) is 11.4. The van der Waals surface area contributed by atoms with Gasteiger partial charge in [-0.25, -0.2) is 0 Å². The van der Waals surface area contributed by atoms with Crippen LogP contribution in [0.4, 0.5) is 26.3 Å². The number of carbonyl (C=O) groups excluding carboxylic acids is 1. The van der Waals surface area contributed by atoms with Gasteiger partial charge in [0, 0.05) is 18.0 Å². The minimum atomic E-state index is -4.96. The van der Waals surface area contributed by atoms with E-state index in [-0.39, 0.29) is 24.1 Å². The number of carbonyl (C=O) groups is 1. The molecule has 5 rings (SSSR count). The zero-order valence-electron chi connectivity index (χ0n) is 19.4. The fourth-order valence-corrected chi connectivity index (χ4v) is 5.57. The minimum absolute atomic E-state index is 0.126. The highest BCUT2D eigenvalue weighted by atomic mass is 32.2. The summed E-state index contributed by atoms with van der Waals surface area (Å²) in [7, 11) is 0. The maximum atomic E-state index is 13.5. The lowest BCUT2D eigenvalue weighted by Gasteiger charge is -2.21. The summed E-state index contributed by atoms with van der Waals surface area (Å²) in [5.74, 6) is -0.322. The summed E-state index contributed by atoms with van der Waals surface area (Å²) in [6.45, 7) is 2.58. The number of aromatic nitrogens is 2. The van der Waals surface area contributed by atoms with Crippen LogP contribution in [0.3, 0.4) is 0 Å². The van der Waals surface area contributed by atoms with Crippen LogP contribution in [0.15, 0.2) is 52.5 Å². The summed E-state index contributed by atoms with van der Waals surface area (Å²) >= 11 is 1.31. The molecule has 1 saturated heterocycles. The van der Waals surface area contributed by atoms with Crippen molar-refractivity contribution in [1.82, 2.24) is 14.7 Å². The van der Waals surface area contributed by atoms with Gasteiger partial charge in [-0.1, -0.05) is 12.1 Å². The number of amidine groups is 1. The molecule has 2 aromatic carbocycles. The van der Waals surface area contributed by atoms with E-state index in [1.807, 2.05) is 0 Å². The van der Waals surface area contributed by atoms with E-state index in [0.717, 1.165) is 25.5 Å². The monoisotopic (exact) mass is 538 g/mol. The normalized spacial score (nSPS) is 19.9. The van der Waals surface area contributed by atoms with Crippen molar-refractivity contribution in [3.8, 4) is 0 Å². The van der Waals surface area contributed by atoms with Crippen LogP contribution in [0, 0.1) is 0 Å². The maximum Gasteiger partial charge on any atom is 0.416 e. The maximum absolute atomic E-state index is 13.5. The SMILES string of the molecule is C[C@H]1CCCN1C1=NC(=O)/C(=C/c2ccc3c(cnn3Cc3ccc(C(F)(F)F)cc3C(F)(F)F)c2)S1. The molecule has 1 amide bonds. The number of halogens is 6. The summed E-state index contributed by atoms with van der Waals surface area (Å²) in [5, 5.41) is 5.45. The molecule has 0 spiro atoms. The number of alkyl halides is 6. The molecule has 12 heteroatoms. The molecular weight excluding hydrogens is 518 g/mol. The Morgan fingerprint density at radius 1 is 1.08 bits per heavy atom. The van der Waals surface area contributed by atoms with Crippen LogP contribution in [0.5, 0.6) is 0 Å². The van der Waals surface area contributed by atoms with Crippen LogP contribution in [-0.2, 0) is 23.7 Å². The number of amides is 1. The molecule has 2 aliphatic rings. The van der Waals surface area contributed by atoms with E-state index in [1.54, 1.807) is 24.3 Å². The highest BCUT2D eigenvalue weighted by Crippen LogP contribution is 2.38. The van der Waals surface area contributed by atoms with Crippen molar-refractivity contribution in [2.24, 2.45) is 4.99 Å². The highest BCUT2D eigenvalue weighted by Gasteiger charge is 2.38. The fraction of sp³-hybridized carbons (Fsp3) is 0.320. The molecule has 0 saturated carbocycles. The molecule has 37 heavy (non-hydrogen) atoms. The van der Waals surface area contributed by atoms with Gasteiger partial charge in [0.2, 0.25) is 0 Å². The standard InChI is InChI=1S/C25H20F6N4OS/c1-14-3-2-8-34(14)23-33-22(36)21(37-23)10-15-4-7-20-17(9-15)12-32-35(20)13-16-5-6-18(24(26,27)28)11-19(16)25(29,30)31/h4-7,9-12,14H,2-3,8,13H2,1H3/b21-10-/t14-/m0/s1. The summed E-state index contributed by atoms with van der Waals surface area (Å²) in [4.78, 5) is 19.2. The van der Waals surface area contributed by atoms with Crippen LogP contribution < -0.4 is 0 Å². The Bertz CT molecular complexity index is 1440. The van der Waals surface area contributed by atoms with Gasteiger partial charge < -0.3 is 4.90 Å². The number of likely N-dealkylation sites (tertiary alicyclic amines) is 1. The Morgan fingerprint density at radius 2 is 1.86 bits per heavy atom. The quantitative estimate of drug-likeness (QED) is 0.279. The molecule has 1 aromatic heterocycles. The van der Waals surface area contributed by atoms with Crippen molar-refractivity contribution in [1.29, 1.82) is 0 Å². The van der Waals surface area contributed by atoms with Crippen molar-refractivity contribution in [2.45, 2.75) is 44.7 Å². The second kappa shape index (κ2) is 9.23. The average molecular weight is 539 g/mol. The molecule has 3 heterocycles. The molecule has 2 aliphatic heterocycles. The molecule has 0 aliphatic carbocycles.